The van der Waals surface area contributed by atoms with Crippen molar-refractivity contribution < 1.29 is 9.78 Å². The highest BCUT2D eigenvalue weighted by Gasteiger charge is 1.86. The van der Waals surface area contributed by atoms with Crippen LogP contribution in [0.25, 0.3) is 0 Å². The van der Waals surface area contributed by atoms with Crippen molar-refractivity contribution in [3.05, 3.63) is 0 Å². The molecule has 0 saturated carbocycles. The molecule has 0 bridgehead atoms. The summed E-state index contributed by atoms with van der Waals surface area (Å²) in [5, 5.41) is 0. The molecule has 0 aromatic heterocycles. The minimum absolute atomic E-state index is 0.634. The normalized spacial score (nSPS) is 10.0. The Hall–Kier alpha value is 0.170. The third-order valence-electron chi connectivity index (χ3n) is 0.867. The van der Waals surface area contributed by atoms with Gasteiger partial charge in [-0.3, -0.25) is 0 Å². The summed E-state index contributed by atoms with van der Waals surface area (Å²) in [6.45, 7) is 1.45. The summed E-state index contributed by atoms with van der Waals surface area (Å²) in [5.41, 5.74) is 0. The first-order valence-electron chi connectivity index (χ1n) is 2.91. The predicted molar refractivity (Wildman–Crippen MR) is 36.1 cm³/mol. The van der Waals surface area contributed by atoms with Crippen molar-refractivity contribution in [2.45, 2.75) is 12.8 Å². The Morgan fingerprint density at radius 1 is 1.44 bits per heavy atom. The van der Waals surface area contributed by atoms with Crippen LogP contribution in [0.15, 0.2) is 0 Å². The molecule has 1 N–H and O–H groups in total. The summed E-state index contributed by atoms with van der Waals surface area (Å²) in [5.74, 6) is 0. The molecule has 0 heterocycles. The van der Waals surface area contributed by atoms with Crippen LogP contribution in [0.5, 0.6) is 0 Å². The summed E-state index contributed by atoms with van der Waals surface area (Å²) in [4.78, 5) is 11.5. The van der Waals surface area contributed by atoms with Crippen molar-refractivity contribution in [2.75, 3.05) is 20.3 Å². The molecule has 0 radical (unpaired) electrons. The highest BCUT2D eigenvalue weighted by Crippen LogP contribution is 1.88. The Labute approximate surface area is 60.3 Å². The van der Waals surface area contributed by atoms with Gasteiger partial charge in [0.05, 0.1) is 13.7 Å². The molecule has 0 aliphatic rings. The Balaban J connectivity index is 2.60. The van der Waals surface area contributed by atoms with E-state index in [1.54, 1.807) is 0 Å². The first-order chi connectivity index (χ1) is 4.41. The van der Waals surface area contributed by atoms with Gasteiger partial charge in [-0.05, 0) is 24.6 Å². The van der Waals surface area contributed by atoms with Crippen LogP contribution in [0.1, 0.15) is 12.8 Å². The van der Waals surface area contributed by atoms with Crippen molar-refractivity contribution in [2.24, 2.45) is 0 Å². The molecule has 0 spiro atoms. The number of unbranched alkanes of at least 4 members (excludes halogenated alkanes) is 1. The number of nitrogens with one attached hydrogen (secondary N) is 1. The second kappa shape index (κ2) is 8.17. The molecule has 0 aliphatic heterocycles. The van der Waals surface area contributed by atoms with Crippen LogP contribution in [0, 0.1) is 0 Å². The molecule has 0 aliphatic carbocycles. The number of rotatable bonds is 6. The second-order valence-electron chi connectivity index (χ2n) is 1.58. The Morgan fingerprint density at radius 3 is 2.78 bits per heavy atom. The topological polar surface area (TPSA) is 30.5 Å². The molecular formula is C5H12ClNO2. The molecule has 0 fully saturated rings. The Kier molecular flexibility index (Phi) is 8.32. The SMILES string of the molecule is COOCCCCNCl. The van der Waals surface area contributed by atoms with Crippen molar-refractivity contribution in [1.29, 1.82) is 0 Å². The molecule has 0 rings (SSSR count). The van der Waals surface area contributed by atoms with Crippen molar-refractivity contribution in [1.82, 2.24) is 4.84 Å². The van der Waals surface area contributed by atoms with Crippen LogP contribution in [0.2, 0.25) is 0 Å². The van der Waals surface area contributed by atoms with E-state index in [0.717, 1.165) is 19.4 Å². The average molecular weight is 154 g/mol. The predicted octanol–water partition coefficient (Wildman–Crippen LogP) is 1.09. The van der Waals surface area contributed by atoms with Crippen LogP contribution in [0.3, 0.4) is 0 Å². The minimum atomic E-state index is 0.634. The highest BCUT2D eigenvalue weighted by atomic mass is 35.5. The van der Waals surface area contributed by atoms with E-state index in [-0.39, 0.29) is 0 Å². The lowest BCUT2D eigenvalue weighted by molar-refractivity contribution is -0.272. The summed E-state index contributed by atoms with van der Waals surface area (Å²) in [6, 6.07) is 0. The summed E-state index contributed by atoms with van der Waals surface area (Å²) in [7, 11) is 1.50. The van der Waals surface area contributed by atoms with Gasteiger partial charge in [-0.25, -0.2) is 14.6 Å². The third kappa shape index (κ3) is 8.17. The smallest absolute Gasteiger partial charge is 0.0822 e. The van der Waals surface area contributed by atoms with E-state index in [1.807, 2.05) is 0 Å². The molecule has 3 nitrogen and oxygen atoms in total. The van der Waals surface area contributed by atoms with Gasteiger partial charge in [0.25, 0.3) is 0 Å². The number of hydrogen-bond donors (Lipinski definition) is 1. The first-order valence-corrected chi connectivity index (χ1v) is 3.28. The monoisotopic (exact) mass is 153 g/mol. The van der Waals surface area contributed by atoms with Gasteiger partial charge in [-0.15, -0.1) is 0 Å². The lowest BCUT2D eigenvalue weighted by Crippen LogP contribution is -2.02. The van der Waals surface area contributed by atoms with E-state index in [4.69, 9.17) is 11.8 Å². The summed E-state index contributed by atoms with van der Waals surface area (Å²) in [6.07, 6.45) is 1.97. The maximum absolute atomic E-state index is 5.19. The lowest BCUT2D eigenvalue weighted by atomic mass is 10.3. The maximum atomic E-state index is 5.19. The summed E-state index contributed by atoms with van der Waals surface area (Å²) < 4.78 is 0. The van der Waals surface area contributed by atoms with Gasteiger partial charge in [-0.2, -0.15) is 0 Å². The molecular weight excluding hydrogens is 142 g/mol. The standard InChI is InChI=1S/C5H12ClNO2/c1-8-9-5-3-2-4-7-6/h7H,2-5H2,1H3. The van der Waals surface area contributed by atoms with E-state index >= 15 is 0 Å². The third-order valence-corrected chi connectivity index (χ3v) is 1.06. The maximum Gasteiger partial charge on any atom is 0.0822 e. The van der Waals surface area contributed by atoms with Gasteiger partial charge < -0.3 is 0 Å². The van der Waals surface area contributed by atoms with Crippen LogP contribution in [-0.4, -0.2) is 20.3 Å². The molecule has 0 saturated heterocycles. The quantitative estimate of drug-likeness (QED) is 0.268. The zero-order valence-corrected chi connectivity index (χ0v) is 6.28. The van der Waals surface area contributed by atoms with Gasteiger partial charge in [0, 0.05) is 6.54 Å². The molecule has 0 atom stereocenters. The van der Waals surface area contributed by atoms with Gasteiger partial charge in [0.15, 0.2) is 0 Å². The van der Waals surface area contributed by atoms with E-state index in [0.29, 0.717) is 6.61 Å². The summed E-state index contributed by atoms with van der Waals surface area (Å²) >= 11 is 5.19. The van der Waals surface area contributed by atoms with Crippen molar-refractivity contribution in [3.8, 4) is 0 Å². The zero-order chi connectivity index (χ0) is 6.95. The molecule has 0 aromatic rings. The van der Waals surface area contributed by atoms with Gasteiger partial charge in [0.1, 0.15) is 0 Å². The van der Waals surface area contributed by atoms with Gasteiger partial charge in [-0.1, -0.05) is 0 Å². The van der Waals surface area contributed by atoms with E-state index < -0.39 is 0 Å². The van der Waals surface area contributed by atoms with E-state index in [1.165, 1.54) is 7.11 Å². The molecule has 0 unspecified atom stereocenters. The largest absolute Gasteiger partial charge is 0.240 e. The van der Waals surface area contributed by atoms with Crippen LogP contribution >= 0.6 is 11.8 Å². The zero-order valence-electron chi connectivity index (χ0n) is 5.52. The molecule has 0 amide bonds. The van der Waals surface area contributed by atoms with Crippen LogP contribution < -0.4 is 4.84 Å². The van der Waals surface area contributed by atoms with Gasteiger partial charge >= 0.3 is 0 Å². The molecule has 0 aromatic carbocycles. The van der Waals surface area contributed by atoms with Crippen molar-refractivity contribution >= 4 is 11.8 Å². The Morgan fingerprint density at radius 2 is 2.22 bits per heavy atom. The highest BCUT2D eigenvalue weighted by molar-refractivity contribution is 6.13. The van der Waals surface area contributed by atoms with Crippen LogP contribution in [0.4, 0.5) is 0 Å². The van der Waals surface area contributed by atoms with E-state index in [9.17, 15) is 0 Å². The Bertz CT molecular complexity index is 48.2. The van der Waals surface area contributed by atoms with E-state index in [2.05, 4.69) is 14.6 Å². The average Bonchev–Trinajstić information content (AvgIpc) is 1.89. The number of halogens is 1. The molecule has 56 valence electrons. The molecule has 9 heavy (non-hydrogen) atoms. The van der Waals surface area contributed by atoms with Gasteiger partial charge in [0.2, 0.25) is 0 Å². The lowest BCUT2D eigenvalue weighted by Gasteiger charge is -1.97. The fourth-order valence-corrected chi connectivity index (χ4v) is 0.570. The van der Waals surface area contributed by atoms with Crippen LogP contribution in [-0.2, 0) is 9.78 Å². The number of hydrogen-bond acceptors (Lipinski definition) is 3. The first kappa shape index (κ1) is 9.17. The fraction of sp³-hybridized carbons (Fsp3) is 1.00. The molecule has 4 heteroatoms. The second-order valence-corrected chi connectivity index (χ2v) is 1.85. The van der Waals surface area contributed by atoms with Crippen molar-refractivity contribution in [3.63, 3.8) is 0 Å². The fourth-order valence-electron chi connectivity index (χ4n) is 0.436. The minimum Gasteiger partial charge on any atom is -0.240 e.